The molecule has 1 N–H and O–H groups in total. The molecule has 0 radical (unpaired) electrons. The minimum atomic E-state index is 0.0233. The van der Waals surface area contributed by atoms with Crippen molar-refractivity contribution in [1.29, 1.82) is 0 Å². The molecular weight excluding hydrogens is 266 g/mol. The molecule has 0 aliphatic rings. The van der Waals surface area contributed by atoms with E-state index in [-0.39, 0.29) is 12.6 Å². The normalized spacial score (nSPS) is 10.9. The third-order valence-corrected chi connectivity index (χ3v) is 3.44. The fourth-order valence-corrected chi connectivity index (χ4v) is 2.41. The number of hydrogen-bond acceptors (Lipinski definition) is 4. The number of aromatic nitrogens is 2. The van der Waals surface area contributed by atoms with Crippen LogP contribution in [0.5, 0.6) is 0 Å². The fourth-order valence-electron chi connectivity index (χ4n) is 2.41. The third-order valence-electron chi connectivity index (χ3n) is 3.44. The molecule has 0 atom stereocenters. The Morgan fingerprint density at radius 1 is 1.33 bits per heavy atom. The Balaban J connectivity index is 2.64. The molecule has 0 spiro atoms. The summed E-state index contributed by atoms with van der Waals surface area (Å²) in [5.41, 5.74) is 2.15. The Kier molecular flexibility index (Phi) is 4.75. The highest BCUT2D eigenvalue weighted by atomic mass is 16.3. The number of carbonyl (C=O) groups excluding carboxylic acids is 1. The van der Waals surface area contributed by atoms with E-state index in [1.165, 1.54) is 0 Å². The standard InChI is InChI=1S/C16H21N3O2/c1-12(2)18(9-10-20)16-15(11-21)13(3)17-19(16)14-7-5-4-6-8-14/h4-8,11-12,20H,9-10H2,1-3H3. The predicted octanol–water partition coefficient (Wildman–Crippen LogP) is 2.20. The summed E-state index contributed by atoms with van der Waals surface area (Å²) in [6, 6.07) is 9.85. The minimum Gasteiger partial charge on any atom is -0.395 e. The van der Waals surface area contributed by atoms with Gasteiger partial charge < -0.3 is 10.0 Å². The lowest BCUT2D eigenvalue weighted by atomic mass is 10.2. The molecule has 0 saturated carbocycles. The molecule has 1 heterocycles. The van der Waals surface area contributed by atoms with Crippen LogP contribution in [0.3, 0.4) is 0 Å². The lowest BCUT2D eigenvalue weighted by molar-refractivity contribution is 0.112. The average molecular weight is 287 g/mol. The number of anilines is 1. The van der Waals surface area contributed by atoms with Gasteiger partial charge in [0.25, 0.3) is 0 Å². The lowest BCUT2D eigenvalue weighted by Gasteiger charge is -2.29. The van der Waals surface area contributed by atoms with E-state index in [2.05, 4.69) is 5.10 Å². The summed E-state index contributed by atoms with van der Waals surface area (Å²) < 4.78 is 1.77. The Morgan fingerprint density at radius 2 is 2.00 bits per heavy atom. The van der Waals surface area contributed by atoms with Gasteiger partial charge in [-0.3, -0.25) is 4.79 Å². The fraction of sp³-hybridized carbons (Fsp3) is 0.375. The van der Waals surface area contributed by atoms with E-state index in [1.54, 1.807) is 4.68 Å². The smallest absolute Gasteiger partial charge is 0.155 e. The van der Waals surface area contributed by atoms with Gasteiger partial charge in [-0.15, -0.1) is 0 Å². The maximum Gasteiger partial charge on any atom is 0.155 e. The van der Waals surface area contributed by atoms with E-state index in [0.29, 0.717) is 17.8 Å². The van der Waals surface area contributed by atoms with E-state index >= 15 is 0 Å². The second kappa shape index (κ2) is 6.54. The summed E-state index contributed by atoms with van der Waals surface area (Å²) in [5, 5.41) is 13.8. The number of nitrogens with zero attached hydrogens (tertiary/aromatic N) is 3. The van der Waals surface area contributed by atoms with Crippen LogP contribution in [0.2, 0.25) is 0 Å². The van der Waals surface area contributed by atoms with Crippen LogP contribution in [0.1, 0.15) is 29.9 Å². The average Bonchev–Trinajstić information content (AvgIpc) is 2.81. The maximum atomic E-state index is 11.5. The molecule has 2 aromatic rings. The van der Waals surface area contributed by atoms with Gasteiger partial charge >= 0.3 is 0 Å². The molecule has 1 aromatic carbocycles. The number of carbonyl (C=O) groups is 1. The Labute approximate surface area is 124 Å². The van der Waals surface area contributed by atoms with Gasteiger partial charge in [-0.1, -0.05) is 18.2 Å². The topological polar surface area (TPSA) is 58.4 Å². The monoisotopic (exact) mass is 287 g/mol. The van der Waals surface area contributed by atoms with Gasteiger partial charge in [0.15, 0.2) is 6.29 Å². The number of para-hydroxylation sites is 1. The summed E-state index contributed by atoms with van der Waals surface area (Å²) in [6.45, 7) is 6.36. The van der Waals surface area contributed by atoms with Crippen molar-refractivity contribution < 1.29 is 9.90 Å². The van der Waals surface area contributed by atoms with Crippen molar-refractivity contribution in [1.82, 2.24) is 9.78 Å². The van der Waals surface area contributed by atoms with E-state index < -0.39 is 0 Å². The molecule has 0 unspecified atom stereocenters. The van der Waals surface area contributed by atoms with Gasteiger partial charge in [0, 0.05) is 12.6 Å². The summed E-state index contributed by atoms with van der Waals surface area (Å²) in [6.07, 6.45) is 0.837. The van der Waals surface area contributed by atoms with E-state index in [4.69, 9.17) is 0 Å². The number of rotatable bonds is 6. The van der Waals surface area contributed by atoms with E-state index in [9.17, 15) is 9.90 Å². The van der Waals surface area contributed by atoms with Crippen molar-refractivity contribution in [3.05, 3.63) is 41.6 Å². The molecule has 0 aliphatic heterocycles. The number of aliphatic hydroxyl groups excluding tert-OH is 1. The second-order valence-electron chi connectivity index (χ2n) is 5.20. The highest BCUT2D eigenvalue weighted by Gasteiger charge is 2.23. The van der Waals surface area contributed by atoms with Gasteiger partial charge in [-0.2, -0.15) is 5.10 Å². The van der Waals surface area contributed by atoms with Crippen molar-refractivity contribution in [2.75, 3.05) is 18.1 Å². The highest BCUT2D eigenvalue weighted by Crippen LogP contribution is 2.27. The first-order valence-electron chi connectivity index (χ1n) is 7.07. The van der Waals surface area contributed by atoms with Crippen molar-refractivity contribution in [2.24, 2.45) is 0 Å². The first-order valence-corrected chi connectivity index (χ1v) is 7.07. The molecule has 0 fully saturated rings. The van der Waals surface area contributed by atoms with E-state index in [0.717, 1.165) is 17.8 Å². The molecule has 21 heavy (non-hydrogen) atoms. The lowest BCUT2D eigenvalue weighted by Crippen LogP contribution is -2.35. The molecule has 0 bridgehead atoms. The number of benzene rings is 1. The number of hydrogen-bond donors (Lipinski definition) is 1. The van der Waals surface area contributed by atoms with Crippen LogP contribution in [-0.4, -0.2) is 40.4 Å². The quantitative estimate of drug-likeness (QED) is 0.828. The largest absolute Gasteiger partial charge is 0.395 e. The Morgan fingerprint density at radius 3 is 2.52 bits per heavy atom. The second-order valence-corrected chi connectivity index (χ2v) is 5.20. The number of aldehydes is 1. The zero-order valence-electron chi connectivity index (χ0n) is 12.7. The summed E-state index contributed by atoms with van der Waals surface area (Å²) in [5.74, 6) is 0.734. The van der Waals surface area contributed by atoms with Crippen molar-refractivity contribution in [3.63, 3.8) is 0 Å². The van der Waals surface area contributed by atoms with Crippen LogP contribution in [0.15, 0.2) is 30.3 Å². The molecule has 0 aliphatic carbocycles. The predicted molar refractivity (Wildman–Crippen MR) is 83.3 cm³/mol. The van der Waals surface area contributed by atoms with E-state index in [1.807, 2.05) is 56.0 Å². The summed E-state index contributed by atoms with van der Waals surface area (Å²) in [4.78, 5) is 13.5. The zero-order valence-corrected chi connectivity index (χ0v) is 12.7. The molecule has 2 rings (SSSR count). The minimum absolute atomic E-state index is 0.0233. The third kappa shape index (κ3) is 2.97. The highest BCUT2D eigenvalue weighted by molar-refractivity contribution is 5.85. The van der Waals surface area contributed by atoms with Crippen molar-refractivity contribution in [2.45, 2.75) is 26.8 Å². The van der Waals surface area contributed by atoms with Crippen LogP contribution in [0.25, 0.3) is 5.69 Å². The SMILES string of the molecule is Cc1nn(-c2ccccc2)c(N(CCO)C(C)C)c1C=O. The summed E-state index contributed by atoms with van der Waals surface area (Å²) in [7, 11) is 0. The molecular formula is C16H21N3O2. The van der Waals surface area contributed by atoms with Crippen LogP contribution in [0, 0.1) is 6.92 Å². The van der Waals surface area contributed by atoms with Crippen LogP contribution in [-0.2, 0) is 0 Å². The van der Waals surface area contributed by atoms with Gasteiger partial charge in [-0.05, 0) is 32.9 Å². The van der Waals surface area contributed by atoms with Gasteiger partial charge in [-0.25, -0.2) is 4.68 Å². The maximum absolute atomic E-state index is 11.5. The molecule has 5 nitrogen and oxygen atoms in total. The zero-order chi connectivity index (χ0) is 15.4. The summed E-state index contributed by atoms with van der Waals surface area (Å²) >= 11 is 0. The molecule has 0 amide bonds. The molecule has 112 valence electrons. The number of aryl methyl sites for hydroxylation is 1. The number of aliphatic hydroxyl groups is 1. The van der Waals surface area contributed by atoms with Gasteiger partial charge in [0.1, 0.15) is 5.82 Å². The van der Waals surface area contributed by atoms with Crippen molar-refractivity contribution in [3.8, 4) is 5.69 Å². The van der Waals surface area contributed by atoms with Crippen molar-refractivity contribution >= 4 is 12.1 Å². The van der Waals surface area contributed by atoms with Crippen LogP contribution >= 0.6 is 0 Å². The first kappa shape index (κ1) is 15.3. The van der Waals surface area contributed by atoms with Gasteiger partial charge in [0.05, 0.1) is 23.6 Å². The molecule has 1 aromatic heterocycles. The van der Waals surface area contributed by atoms with Crippen LogP contribution < -0.4 is 4.90 Å². The van der Waals surface area contributed by atoms with Crippen LogP contribution in [0.4, 0.5) is 5.82 Å². The first-order chi connectivity index (χ1) is 10.1. The Hall–Kier alpha value is -2.14. The molecule has 5 heteroatoms. The Bertz CT molecular complexity index is 605. The molecule has 0 saturated heterocycles. The van der Waals surface area contributed by atoms with Gasteiger partial charge in [0.2, 0.25) is 0 Å².